The molecule has 3 rings (SSSR count). The SMILES string of the molecule is O=C1C=C2[C@@H](COCC[C@H]2S(=O)(=O)c2ccccc2)C1. The van der Waals surface area contributed by atoms with E-state index in [4.69, 9.17) is 4.74 Å². The van der Waals surface area contributed by atoms with E-state index in [0.29, 0.717) is 31.0 Å². The number of hydrogen-bond acceptors (Lipinski definition) is 4. The molecule has 1 aliphatic heterocycles. The Balaban J connectivity index is 2.03. The fourth-order valence-electron chi connectivity index (χ4n) is 2.93. The molecule has 0 N–H and O–H groups in total. The van der Waals surface area contributed by atoms with Gasteiger partial charge in [-0.3, -0.25) is 4.79 Å². The third-order valence-electron chi connectivity index (χ3n) is 3.91. The van der Waals surface area contributed by atoms with Crippen molar-refractivity contribution in [3.63, 3.8) is 0 Å². The molecule has 0 bridgehead atoms. The maximum absolute atomic E-state index is 12.8. The Kier molecular flexibility index (Phi) is 3.48. The van der Waals surface area contributed by atoms with Gasteiger partial charge in [-0.2, -0.15) is 0 Å². The molecule has 0 amide bonds. The van der Waals surface area contributed by atoms with Gasteiger partial charge in [0, 0.05) is 18.9 Å². The minimum Gasteiger partial charge on any atom is -0.381 e. The van der Waals surface area contributed by atoms with Gasteiger partial charge in [0.2, 0.25) is 0 Å². The fraction of sp³-hybridized carbons (Fsp3) is 0.400. The van der Waals surface area contributed by atoms with Crippen molar-refractivity contribution in [1.82, 2.24) is 0 Å². The van der Waals surface area contributed by atoms with Gasteiger partial charge in [-0.05, 0) is 30.2 Å². The summed E-state index contributed by atoms with van der Waals surface area (Å²) in [6.45, 7) is 0.858. The smallest absolute Gasteiger partial charge is 0.185 e. The molecule has 1 saturated heterocycles. The van der Waals surface area contributed by atoms with Crippen molar-refractivity contribution >= 4 is 15.6 Å². The van der Waals surface area contributed by atoms with Crippen LogP contribution in [-0.4, -0.2) is 32.7 Å². The second-order valence-corrected chi connectivity index (χ2v) is 7.35. The highest BCUT2D eigenvalue weighted by atomic mass is 32.2. The van der Waals surface area contributed by atoms with Crippen LogP contribution in [0.4, 0.5) is 0 Å². The molecule has 1 aliphatic carbocycles. The van der Waals surface area contributed by atoms with E-state index in [1.54, 1.807) is 30.3 Å². The Labute approximate surface area is 118 Å². The van der Waals surface area contributed by atoms with Gasteiger partial charge in [0.15, 0.2) is 15.6 Å². The third kappa shape index (κ3) is 2.31. The number of sulfone groups is 1. The van der Waals surface area contributed by atoms with Crippen molar-refractivity contribution in [2.75, 3.05) is 13.2 Å². The van der Waals surface area contributed by atoms with E-state index in [1.807, 2.05) is 0 Å². The van der Waals surface area contributed by atoms with Gasteiger partial charge in [0.05, 0.1) is 16.8 Å². The van der Waals surface area contributed by atoms with Crippen LogP contribution in [0.15, 0.2) is 46.9 Å². The Hall–Kier alpha value is -1.46. The van der Waals surface area contributed by atoms with Crippen LogP contribution in [0.2, 0.25) is 0 Å². The Morgan fingerprint density at radius 3 is 2.65 bits per heavy atom. The minimum atomic E-state index is -3.46. The molecule has 0 radical (unpaired) electrons. The van der Waals surface area contributed by atoms with Crippen LogP contribution in [0.3, 0.4) is 0 Å². The van der Waals surface area contributed by atoms with E-state index in [9.17, 15) is 13.2 Å². The molecule has 1 aromatic carbocycles. The Bertz CT molecular complexity index is 646. The lowest BCUT2D eigenvalue weighted by Crippen LogP contribution is -2.26. The predicted molar refractivity (Wildman–Crippen MR) is 74.0 cm³/mol. The molecule has 20 heavy (non-hydrogen) atoms. The summed E-state index contributed by atoms with van der Waals surface area (Å²) in [5, 5.41) is -0.635. The molecule has 1 heterocycles. The maximum Gasteiger partial charge on any atom is 0.185 e. The van der Waals surface area contributed by atoms with Crippen molar-refractivity contribution in [2.24, 2.45) is 5.92 Å². The molecule has 1 fully saturated rings. The largest absolute Gasteiger partial charge is 0.381 e. The van der Waals surface area contributed by atoms with Crippen molar-refractivity contribution in [1.29, 1.82) is 0 Å². The predicted octanol–water partition coefficient (Wildman–Crippen LogP) is 1.76. The second-order valence-electron chi connectivity index (χ2n) is 5.22. The number of rotatable bonds is 2. The van der Waals surface area contributed by atoms with Crippen LogP contribution in [0, 0.1) is 5.92 Å². The fourth-order valence-corrected chi connectivity index (χ4v) is 4.82. The lowest BCUT2D eigenvalue weighted by molar-refractivity contribution is -0.114. The van der Waals surface area contributed by atoms with Gasteiger partial charge in [0.25, 0.3) is 0 Å². The van der Waals surface area contributed by atoms with Crippen molar-refractivity contribution in [3.8, 4) is 0 Å². The quantitative estimate of drug-likeness (QED) is 0.833. The first-order valence-corrected chi connectivity index (χ1v) is 8.24. The van der Waals surface area contributed by atoms with Gasteiger partial charge in [-0.15, -0.1) is 0 Å². The van der Waals surface area contributed by atoms with Gasteiger partial charge in [-0.25, -0.2) is 8.42 Å². The Morgan fingerprint density at radius 2 is 1.90 bits per heavy atom. The Morgan fingerprint density at radius 1 is 1.15 bits per heavy atom. The van der Waals surface area contributed by atoms with Crippen LogP contribution in [0.25, 0.3) is 0 Å². The number of allylic oxidation sites excluding steroid dienone is 1. The lowest BCUT2D eigenvalue weighted by Gasteiger charge is -2.19. The molecule has 106 valence electrons. The highest BCUT2D eigenvalue weighted by Crippen LogP contribution is 2.36. The van der Waals surface area contributed by atoms with Crippen molar-refractivity contribution < 1.29 is 17.9 Å². The highest BCUT2D eigenvalue weighted by Gasteiger charge is 2.39. The van der Waals surface area contributed by atoms with Crippen LogP contribution >= 0.6 is 0 Å². The van der Waals surface area contributed by atoms with Crippen molar-refractivity contribution in [2.45, 2.75) is 23.0 Å². The summed E-state index contributed by atoms with van der Waals surface area (Å²) in [5.41, 5.74) is 0.733. The average Bonchev–Trinajstić information content (AvgIpc) is 2.68. The molecule has 2 atom stereocenters. The molecule has 1 aromatic rings. The molecule has 0 unspecified atom stereocenters. The number of fused-ring (bicyclic) bond motifs is 1. The summed E-state index contributed by atoms with van der Waals surface area (Å²) in [5.74, 6) is -0.0720. The molecular weight excluding hydrogens is 276 g/mol. The van der Waals surface area contributed by atoms with Crippen molar-refractivity contribution in [3.05, 3.63) is 42.0 Å². The minimum absolute atomic E-state index is 0.00348. The first-order chi connectivity index (χ1) is 9.59. The summed E-state index contributed by atoms with van der Waals surface area (Å²) in [4.78, 5) is 11.9. The van der Waals surface area contributed by atoms with E-state index >= 15 is 0 Å². The number of carbonyl (C=O) groups is 1. The first kappa shape index (κ1) is 13.5. The summed E-state index contributed by atoms with van der Waals surface area (Å²) >= 11 is 0. The van der Waals surface area contributed by atoms with Crippen LogP contribution < -0.4 is 0 Å². The van der Waals surface area contributed by atoms with Crippen LogP contribution in [-0.2, 0) is 19.4 Å². The van der Waals surface area contributed by atoms with Crippen LogP contribution in [0.5, 0.6) is 0 Å². The van der Waals surface area contributed by atoms with Gasteiger partial charge >= 0.3 is 0 Å². The van der Waals surface area contributed by atoms with E-state index in [2.05, 4.69) is 0 Å². The number of ether oxygens (including phenoxy) is 1. The second kappa shape index (κ2) is 5.14. The monoisotopic (exact) mass is 292 g/mol. The normalized spacial score (nSPS) is 26.8. The summed E-state index contributed by atoms with van der Waals surface area (Å²) < 4.78 is 31.0. The zero-order chi connectivity index (χ0) is 14.2. The molecule has 5 heteroatoms. The van der Waals surface area contributed by atoms with E-state index in [0.717, 1.165) is 5.57 Å². The van der Waals surface area contributed by atoms with E-state index in [1.165, 1.54) is 6.08 Å². The number of carbonyl (C=O) groups excluding carboxylic acids is 1. The number of hydrogen-bond donors (Lipinski definition) is 0. The molecular formula is C15H16O4S. The van der Waals surface area contributed by atoms with E-state index < -0.39 is 15.1 Å². The number of benzene rings is 1. The molecule has 4 nitrogen and oxygen atoms in total. The topological polar surface area (TPSA) is 60.4 Å². The van der Waals surface area contributed by atoms with Gasteiger partial charge < -0.3 is 4.74 Å². The zero-order valence-corrected chi connectivity index (χ0v) is 11.8. The van der Waals surface area contributed by atoms with Gasteiger partial charge in [-0.1, -0.05) is 18.2 Å². The summed E-state index contributed by atoms with van der Waals surface area (Å²) in [6.07, 6.45) is 2.30. The van der Waals surface area contributed by atoms with Gasteiger partial charge in [0.1, 0.15) is 0 Å². The molecule has 0 aromatic heterocycles. The van der Waals surface area contributed by atoms with Crippen LogP contribution in [0.1, 0.15) is 12.8 Å². The standard InChI is InChI=1S/C15H16O4S/c16-12-8-11-10-19-7-6-15(14(11)9-12)20(17,18)13-4-2-1-3-5-13/h1-5,9,11,15H,6-8,10H2/t11-,15-/m1/s1. The summed E-state index contributed by atoms with van der Waals surface area (Å²) in [7, 11) is -3.46. The molecule has 0 spiro atoms. The maximum atomic E-state index is 12.8. The first-order valence-electron chi connectivity index (χ1n) is 6.70. The third-order valence-corrected chi connectivity index (χ3v) is 6.09. The number of ketones is 1. The zero-order valence-electron chi connectivity index (χ0n) is 11.0. The lowest BCUT2D eigenvalue weighted by atomic mass is 9.99. The molecule has 0 saturated carbocycles. The van der Waals surface area contributed by atoms with E-state index in [-0.39, 0.29) is 11.7 Å². The summed E-state index contributed by atoms with van der Waals surface area (Å²) in [6, 6.07) is 8.43. The molecule has 2 aliphatic rings. The average molecular weight is 292 g/mol. The highest BCUT2D eigenvalue weighted by molar-refractivity contribution is 7.92.